The molecule has 0 saturated carbocycles. The van der Waals surface area contributed by atoms with E-state index in [4.69, 9.17) is 9.26 Å². The predicted molar refractivity (Wildman–Crippen MR) is 81.1 cm³/mol. The monoisotopic (exact) mass is 287 g/mol. The fourth-order valence-corrected chi connectivity index (χ4v) is 2.64. The van der Waals surface area contributed by atoms with Gasteiger partial charge in [-0.3, -0.25) is 0 Å². The molecule has 1 aliphatic heterocycles. The molecular weight excluding hydrogens is 266 g/mol. The molecule has 0 bridgehead atoms. The molecule has 0 saturated heterocycles. The van der Waals surface area contributed by atoms with Gasteiger partial charge < -0.3 is 14.6 Å². The SMILES string of the molecule is CCOC(c1noc(-c2ccc3c(c2)NCC3)n1)C(C)C. The molecule has 1 unspecified atom stereocenters. The molecule has 1 aromatic heterocycles. The van der Waals surface area contributed by atoms with E-state index in [1.165, 1.54) is 5.56 Å². The largest absolute Gasteiger partial charge is 0.384 e. The fourth-order valence-electron chi connectivity index (χ4n) is 2.64. The second-order valence-corrected chi connectivity index (χ2v) is 5.63. The number of hydrogen-bond acceptors (Lipinski definition) is 5. The Morgan fingerprint density at radius 1 is 1.38 bits per heavy atom. The Labute approximate surface area is 124 Å². The molecule has 112 valence electrons. The van der Waals surface area contributed by atoms with Crippen LogP contribution >= 0.6 is 0 Å². The Morgan fingerprint density at radius 2 is 2.24 bits per heavy atom. The number of fused-ring (bicyclic) bond motifs is 1. The van der Waals surface area contributed by atoms with Crippen LogP contribution in [0.25, 0.3) is 11.5 Å². The Morgan fingerprint density at radius 3 is 3.00 bits per heavy atom. The first-order valence-corrected chi connectivity index (χ1v) is 7.51. The summed E-state index contributed by atoms with van der Waals surface area (Å²) in [4.78, 5) is 4.52. The second-order valence-electron chi connectivity index (χ2n) is 5.63. The van der Waals surface area contributed by atoms with Gasteiger partial charge in [-0.2, -0.15) is 4.98 Å². The van der Waals surface area contributed by atoms with Crippen LogP contribution in [-0.2, 0) is 11.2 Å². The maximum atomic E-state index is 5.72. The molecule has 5 nitrogen and oxygen atoms in total. The zero-order chi connectivity index (χ0) is 14.8. The van der Waals surface area contributed by atoms with Crippen molar-refractivity contribution in [1.82, 2.24) is 10.1 Å². The number of ether oxygens (including phenoxy) is 1. The lowest BCUT2D eigenvalue weighted by Gasteiger charge is -2.16. The van der Waals surface area contributed by atoms with Crippen LogP contribution in [0.15, 0.2) is 22.7 Å². The molecule has 21 heavy (non-hydrogen) atoms. The number of hydrogen-bond donors (Lipinski definition) is 1. The maximum Gasteiger partial charge on any atom is 0.258 e. The highest BCUT2D eigenvalue weighted by Gasteiger charge is 2.23. The highest BCUT2D eigenvalue weighted by Crippen LogP contribution is 2.30. The molecule has 0 fully saturated rings. The highest BCUT2D eigenvalue weighted by atomic mass is 16.5. The number of nitrogens with one attached hydrogen (secondary N) is 1. The van der Waals surface area contributed by atoms with Gasteiger partial charge in [0.25, 0.3) is 5.89 Å². The summed E-state index contributed by atoms with van der Waals surface area (Å²) in [7, 11) is 0. The average molecular weight is 287 g/mol. The third kappa shape index (κ3) is 2.78. The molecule has 1 N–H and O–H groups in total. The molecule has 3 rings (SSSR count). The summed E-state index contributed by atoms with van der Waals surface area (Å²) in [5.41, 5.74) is 3.45. The second kappa shape index (κ2) is 5.85. The lowest BCUT2D eigenvalue weighted by atomic mass is 10.1. The minimum absolute atomic E-state index is 0.125. The maximum absolute atomic E-state index is 5.72. The van der Waals surface area contributed by atoms with Crippen LogP contribution in [0, 0.1) is 5.92 Å². The van der Waals surface area contributed by atoms with E-state index in [2.05, 4.69) is 41.4 Å². The van der Waals surface area contributed by atoms with Crippen molar-refractivity contribution in [2.75, 3.05) is 18.5 Å². The highest BCUT2D eigenvalue weighted by molar-refractivity contribution is 5.66. The molecule has 0 spiro atoms. The summed E-state index contributed by atoms with van der Waals surface area (Å²) >= 11 is 0. The summed E-state index contributed by atoms with van der Waals surface area (Å²) in [6, 6.07) is 6.23. The summed E-state index contributed by atoms with van der Waals surface area (Å²) in [5.74, 6) is 1.47. The van der Waals surface area contributed by atoms with Gasteiger partial charge >= 0.3 is 0 Å². The van der Waals surface area contributed by atoms with Gasteiger partial charge in [-0.15, -0.1) is 0 Å². The first-order valence-electron chi connectivity index (χ1n) is 7.51. The van der Waals surface area contributed by atoms with Crippen LogP contribution in [0.1, 0.15) is 38.3 Å². The van der Waals surface area contributed by atoms with Crippen molar-refractivity contribution in [2.24, 2.45) is 5.92 Å². The third-order valence-corrected chi connectivity index (χ3v) is 3.71. The van der Waals surface area contributed by atoms with Crippen LogP contribution in [0.4, 0.5) is 5.69 Å². The van der Waals surface area contributed by atoms with Gasteiger partial charge in [0, 0.05) is 24.4 Å². The van der Waals surface area contributed by atoms with Crippen molar-refractivity contribution in [3.8, 4) is 11.5 Å². The topological polar surface area (TPSA) is 60.2 Å². The standard InChI is InChI=1S/C16H21N3O2/c1-4-20-14(10(2)3)15-18-16(21-19-15)12-6-5-11-7-8-17-13(11)9-12/h5-6,9-10,14,17H,4,7-8H2,1-3H3. The van der Waals surface area contributed by atoms with Gasteiger partial charge in [-0.25, -0.2) is 0 Å². The van der Waals surface area contributed by atoms with Crippen molar-refractivity contribution in [1.29, 1.82) is 0 Å². The molecule has 1 atom stereocenters. The summed E-state index contributed by atoms with van der Waals surface area (Å²) in [5, 5.41) is 7.46. The number of benzene rings is 1. The molecule has 5 heteroatoms. The van der Waals surface area contributed by atoms with Crippen LogP contribution in [-0.4, -0.2) is 23.3 Å². The number of aromatic nitrogens is 2. The Hall–Kier alpha value is -1.88. The van der Waals surface area contributed by atoms with Gasteiger partial charge in [0.05, 0.1) is 0 Å². The minimum atomic E-state index is -0.125. The van der Waals surface area contributed by atoms with E-state index >= 15 is 0 Å². The van der Waals surface area contributed by atoms with E-state index in [1.807, 2.05) is 13.0 Å². The predicted octanol–water partition coefficient (Wildman–Crippen LogP) is 3.44. The molecule has 2 heterocycles. The minimum Gasteiger partial charge on any atom is -0.384 e. The van der Waals surface area contributed by atoms with Crippen molar-refractivity contribution in [3.05, 3.63) is 29.6 Å². The quantitative estimate of drug-likeness (QED) is 0.912. The molecule has 0 amide bonds. The van der Waals surface area contributed by atoms with E-state index in [-0.39, 0.29) is 6.10 Å². The third-order valence-electron chi connectivity index (χ3n) is 3.71. The first-order chi connectivity index (χ1) is 10.2. The van der Waals surface area contributed by atoms with Gasteiger partial charge in [-0.05, 0) is 37.0 Å². The van der Waals surface area contributed by atoms with Crippen LogP contribution in [0.5, 0.6) is 0 Å². The van der Waals surface area contributed by atoms with Gasteiger partial charge in [0.15, 0.2) is 0 Å². The van der Waals surface area contributed by atoms with Gasteiger partial charge in [0.1, 0.15) is 6.10 Å². The summed E-state index contributed by atoms with van der Waals surface area (Å²) in [6.07, 6.45) is 0.949. The Kier molecular flexibility index (Phi) is 3.92. The van der Waals surface area contributed by atoms with E-state index in [0.29, 0.717) is 24.2 Å². The number of nitrogens with zero attached hydrogens (tertiary/aromatic N) is 2. The summed E-state index contributed by atoms with van der Waals surface area (Å²) in [6.45, 7) is 7.79. The molecule has 0 aliphatic carbocycles. The lowest BCUT2D eigenvalue weighted by Crippen LogP contribution is -2.12. The fraction of sp³-hybridized carbons (Fsp3) is 0.500. The smallest absolute Gasteiger partial charge is 0.258 e. The van der Waals surface area contributed by atoms with E-state index in [9.17, 15) is 0 Å². The van der Waals surface area contributed by atoms with Crippen LogP contribution in [0.2, 0.25) is 0 Å². The molecule has 1 aromatic carbocycles. The Bertz CT molecular complexity index is 622. The molecule has 0 radical (unpaired) electrons. The normalized spacial score (nSPS) is 15.0. The molecular formula is C16H21N3O2. The zero-order valence-corrected chi connectivity index (χ0v) is 12.7. The van der Waals surface area contributed by atoms with Crippen molar-refractivity contribution >= 4 is 5.69 Å². The zero-order valence-electron chi connectivity index (χ0n) is 12.7. The van der Waals surface area contributed by atoms with E-state index in [1.54, 1.807) is 0 Å². The number of rotatable bonds is 5. The van der Waals surface area contributed by atoms with Crippen molar-refractivity contribution < 1.29 is 9.26 Å². The number of anilines is 1. The average Bonchev–Trinajstić information content (AvgIpc) is 3.12. The van der Waals surface area contributed by atoms with Crippen molar-refractivity contribution in [2.45, 2.75) is 33.3 Å². The van der Waals surface area contributed by atoms with Crippen LogP contribution in [0.3, 0.4) is 0 Å². The Balaban J connectivity index is 1.87. The first kappa shape index (κ1) is 14.1. The van der Waals surface area contributed by atoms with Crippen LogP contribution < -0.4 is 5.32 Å². The molecule has 1 aliphatic rings. The summed E-state index contributed by atoms with van der Waals surface area (Å²) < 4.78 is 11.1. The van der Waals surface area contributed by atoms with Gasteiger partial charge in [0.2, 0.25) is 5.82 Å². The lowest BCUT2D eigenvalue weighted by molar-refractivity contribution is 0.0217. The molecule has 2 aromatic rings. The van der Waals surface area contributed by atoms with Crippen molar-refractivity contribution in [3.63, 3.8) is 0 Å². The van der Waals surface area contributed by atoms with E-state index in [0.717, 1.165) is 24.2 Å². The van der Waals surface area contributed by atoms with E-state index < -0.39 is 0 Å². The van der Waals surface area contributed by atoms with Gasteiger partial charge in [-0.1, -0.05) is 25.1 Å².